The van der Waals surface area contributed by atoms with Crippen molar-refractivity contribution in [3.05, 3.63) is 38.7 Å². The molecule has 0 spiro atoms. The Morgan fingerprint density at radius 1 is 1.46 bits per heavy atom. The Morgan fingerprint density at radius 2 is 2.31 bits per heavy atom. The third-order valence-corrected chi connectivity index (χ3v) is 2.15. The highest BCUT2D eigenvalue weighted by molar-refractivity contribution is 14.1. The zero-order valence-electron chi connectivity index (χ0n) is 6.44. The van der Waals surface area contributed by atoms with Gasteiger partial charge in [-0.25, -0.2) is 19.4 Å². The number of hydrogen-bond acceptors (Lipinski definition) is 3. The SMILES string of the molecule is O=c1[nH]ncn1-c1ccc(I)cn1. The van der Waals surface area contributed by atoms with E-state index in [9.17, 15) is 4.79 Å². The Balaban J connectivity index is 2.54. The first-order valence-corrected chi connectivity index (χ1v) is 4.59. The quantitative estimate of drug-likeness (QED) is 0.780. The fourth-order valence-corrected chi connectivity index (χ4v) is 1.24. The Hall–Kier alpha value is -1.18. The van der Waals surface area contributed by atoms with Crippen LogP contribution in [0, 0.1) is 3.57 Å². The Morgan fingerprint density at radius 3 is 2.85 bits per heavy atom. The van der Waals surface area contributed by atoms with Gasteiger partial charge in [-0.15, -0.1) is 0 Å². The Bertz CT molecular complexity index is 458. The normalized spacial score (nSPS) is 10.2. The summed E-state index contributed by atoms with van der Waals surface area (Å²) in [6.07, 6.45) is 3.09. The highest BCUT2D eigenvalue weighted by atomic mass is 127. The minimum absolute atomic E-state index is 0.284. The van der Waals surface area contributed by atoms with Gasteiger partial charge in [-0.3, -0.25) is 0 Å². The molecule has 2 aromatic rings. The molecular formula is C7H5IN4O. The maximum atomic E-state index is 11.1. The molecule has 0 saturated heterocycles. The number of H-pyrrole nitrogens is 1. The average Bonchev–Trinajstić information content (AvgIpc) is 2.53. The van der Waals surface area contributed by atoms with Crippen molar-refractivity contribution in [1.29, 1.82) is 0 Å². The third kappa shape index (κ3) is 1.62. The van der Waals surface area contributed by atoms with Crippen LogP contribution in [0.2, 0.25) is 0 Å². The predicted octanol–water partition coefficient (Wildman–Crippen LogP) is 0.560. The molecule has 2 aromatic heterocycles. The number of nitrogens with one attached hydrogen (secondary N) is 1. The molecule has 0 bridgehead atoms. The molecule has 0 aliphatic heterocycles. The predicted molar refractivity (Wildman–Crippen MR) is 54.7 cm³/mol. The second kappa shape index (κ2) is 3.29. The number of nitrogens with zero attached hydrogens (tertiary/aromatic N) is 3. The number of aromatic amines is 1. The van der Waals surface area contributed by atoms with Crippen LogP contribution in [-0.4, -0.2) is 19.7 Å². The summed E-state index contributed by atoms with van der Waals surface area (Å²) < 4.78 is 2.37. The summed E-state index contributed by atoms with van der Waals surface area (Å²) in [5.41, 5.74) is -0.284. The second-order valence-corrected chi connectivity index (χ2v) is 3.61. The van der Waals surface area contributed by atoms with Crippen LogP contribution < -0.4 is 5.69 Å². The molecule has 0 aromatic carbocycles. The fraction of sp³-hybridized carbons (Fsp3) is 0. The highest BCUT2D eigenvalue weighted by Gasteiger charge is 2.00. The number of rotatable bonds is 1. The monoisotopic (exact) mass is 288 g/mol. The van der Waals surface area contributed by atoms with Crippen molar-refractivity contribution < 1.29 is 0 Å². The molecule has 0 radical (unpaired) electrons. The van der Waals surface area contributed by atoms with Crippen LogP contribution in [0.15, 0.2) is 29.5 Å². The minimum Gasteiger partial charge on any atom is -0.246 e. The fourth-order valence-electron chi connectivity index (χ4n) is 0.922. The average molecular weight is 288 g/mol. The van der Waals surface area contributed by atoms with Crippen molar-refractivity contribution in [3.63, 3.8) is 0 Å². The van der Waals surface area contributed by atoms with E-state index in [1.54, 1.807) is 12.3 Å². The first-order valence-electron chi connectivity index (χ1n) is 3.51. The van der Waals surface area contributed by atoms with Crippen LogP contribution in [0.25, 0.3) is 5.82 Å². The Kier molecular flexibility index (Phi) is 2.13. The third-order valence-electron chi connectivity index (χ3n) is 1.51. The summed E-state index contributed by atoms with van der Waals surface area (Å²) in [4.78, 5) is 15.2. The van der Waals surface area contributed by atoms with E-state index in [1.807, 2.05) is 6.07 Å². The number of hydrogen-bond donors (Lipinski definition) is 1. The van der Waals surface area contributed by atoms with Gasteiger partial charge >= 0.3 is 5.69 Å². The van der Waals surface area contributed by atoms with Crippen LogP contribution in [0.1, 0.15) is 0 Å². The van der Waals surface area contributed by atoms with Gasteiger partial charge in [-0.2, -0.15) is 5.10 Å². The molecule has 2 heterocycles. The second-order valence-electron chi connectivity index (χ2n) is 2.37. The molecule has 0 aliphatic rings. The highest BCUT2D eigenvalue weighted by Crippen LogP contribution is 2.04. The van der Waals surface area contributed by atoms with Gasteiger partial charge in [0.15, 0.2) is 0 Å². The van der Waals surface area contributed by atoms with Crippen molar-refractivity contribution in [2.24, 2.45) is 0 Å². The number of pyridine rings is 1. The molecule has 5 nitrogen and oxygen atoms in total. The summed E-state index contributed by atoms with van der Waals surface area (Å²) in [7, 11) is 0. The van der Waals surface area contributed by atoms with Crippen molar-refractivity contribution >= 4 is 22.6 Å². The van der Waals surface area contributed by atoms with Crippen molar-refractivity contribution in [2.45, 2.75) is 0 Å². The molecule has 2 rings (SSSR count). The summed E-state index contributed by atoms with van der Waals surface area (Å²) in [5.74, 6) is 0.569. The van der Waals surface area contributed by atoms with Crippen LogP contribution in [0.4, 0.5) is 0 Å². The van der Waals surface area contributed by atoms with Gasteiger partial charge in [-0.1, -0.05) is 0 Å². The topological polar surface area (TPSA) is 63.6 Å². The van der Waals surface area contributed by atoms with Gasteiger partial charge in [-0.05, 0) is 34.7 Å². The van der Waals surface area contributed by atoms with Crippen LogP contribution in [0.5, 0.6) is 0 Å². The minimum atomic E-state index is -0.284. The van der Waals surface area contributed by atoms with E-state index in [0.717, 1.165) is 3.57 Å². The molecule has 0 unspecified atom stereocenters. The summed E-state index contributed by atoms with van der Waals surface area (Å²) in [5, 5.41) is 5.90. The molecular weight excluding hydrogens is 283 g/mol. The lowest BCUT2D eigenvalue weighted by molar-refractivity contribution is 0.938. The van der Waals surface area contributed by atoms with Gasteiger partial charge in [0, 0.05) is 9.77 Å². The molecule has 0 amide bonds. The lowest BCUT2D eigenvalue weighted by Gasteiger charge is -1.97. The molecule has 6 heteroatoms. The van der Waals surface area contributed by atoms with Gasteiger partial charge in [0.25, 0.3) is 0 Å². The van der Waals surface area contributed by atoms with E-state index in [-0.39, 0.29) is 5.69 Å². The largest absolute Gasteiger partial charge is 0.348 e. The Labute approximate surface area is 87.0 Å². The van der Waals surface area contributed by atoms with Crippen LogP contribution in [0.3, 0.4) is 0 Å². The summed E-state index contributed by atoms with van der Waals surface area (Å²) in [6.45, 7) is 0. The van der Waals surface area contributed by atoms with Crippen LogP contribution in [-0.2, 0) is 0 Å². The van der Waals surface area contributed by atoms with Crippen molar-refractivity contribution in [3.8, 4) is 5.82 Å². The molecule has 1 N–H and O–H groups in total. The number of aromatic nitrogens is 4. The molecule has 13 heavy (non-hydrogen) atoms. The van der Waals surface area contributed by atoms with Gasteiger partial charge in [0.05, 0.1) is 0 Å². The summed E-state index contributed by atoms with van der Waals surface area (Å²) in [6, 6.07) is 3.64. The molecule has 66 valence electrons. The first-order chi connectivity index (χ1) is 6.27. The maximum absolute atomic E-state index is 11.1. The molecule has 0 aliphatic carbocycles. The van der Waals surface area contributed by atoms with Crippen LogP contribution >= 0.6 is 22.6 Å². The molecule has 0 atom stereocenters. The lowest BCUT2D eigenvalue weighted by atomic mass is 10.5. The van der Waals surface area contributed by atoms with Gasteiger partial charge in [0.2, 0.25) is 0 Å². The summed E-state index contributed by atoms with van der Waals surface area (Å²) >= 11 is 2.15. The smallest absolute Gasteiger partial charge is 0.246 e. The lowest BCUT2D eigenvalue weighted by Crippen LogP contribution is -2.15. The van der Waals surface area contributed by atoms with E-state index in [0.29, 0.717) is 5.82 Å². The van der Waals surface area contributed by atoms with Gasteiger partial charge in [0.1, 0.15) is 12.1 Å². The first kappa shape index (κ1) is 8.42. The van der Waals surface area contributed by atoms with E-state index in [4.69, 9.17) is 0 Å². The van der Waals surface area contributed by atoms with E-state index >= 15 is 0 Å². The van der Waals surface area contributed by atoms with E-state index in [2.05, 4.69) is 37.8 Å². The maximum Gasteiger partial charge on any atom is 0.348 e. The van der Waals surface area contributed by atoms with Crippen molar-refractivity contribution in [1.82, 2.24) is 19.7 Å². The standard InChI is InChI=1S/C7H5IN4O/c8-5-1-2-6(9-3-5)12-4-10-11-7(12)13/h1-4H,(H,11,13). The number of halogens is 1. The van der Waals surface area contributed by atoms with Gasteiger partial charge < -0.3 is 0 Å². The molecule has 0 saturated carbocycles. The van der Waals surface area contributed by atoms with E-state index < -0.39 is 0 Å². The van der Waals surface area contributed by atoms with E-state index in [1.165, 1.54) is 10.9 Å². The zero-order valence-corrected chi connectivity index (χ0v) is 8.59. The zero-order chi connectivity index (χ0) is 9.26. The molecule has 0 fully saturated rings. The van der Waals surface area contributed by atoms with Crippen molar-refractivity contribution in [2.75, 3.05) is 0 Å².